The van der Waals surface area contributed by atoms with Gasteiger partial charge in [0, 0.05) is 5.54 Å². The van der Waals surface area contributed by atoms with Crippen LogP contribution in [0.2, 0.25) is 0 Å². The minimum Gasteiger partial charge on any atom is -0.389 e. The van der Waals surface area contributed by atoms with Crippen molar-refractivity contribution in [2.75, 3.05) is 19.7 Å². The summed E-state index contributed by atoms with van der Waals surface area (Å²) in [6.45, 7) is 14.6. The van der Waals surface area contributed by atoms with Crippen LogP contribution in [0, 0.1) is 0 Å². The Kier molecular flexibility index (Phi) is 6.41. The Morgan fingerprint density at radius 3 is 2.00 bits per heavy atom. The molecule has 0 aliphatic rings. The quantitative estimate of drug-likeness (QED) is 0.707. The standard InChI is InChI=1S/C12H27NO2/c1-7-13(8-2)12(5,6)11(14)9-15-10(3)4/h10-11,14H,7-9H2,1-6H3. The number of aliphatic hydroxyl groups is 1. The lowest BCUT2D eigenvalue weighted by Crippen LogP contribution is -2.54. The molecule has 0 aliphatic heterocycles. The summed E-state index contributed by atoms with van der Waals surface area (Å²) in [7, 11) is 0. The van der Waals surface area contributed by atoms with Gasteiger partial charge in [0.25, 0.3) is 0 Å². The Balaban J connectivity index is 4.29. The van der Waals surface area contributed by atoms with E-state index >= 15 is 0 Å². The third-order valence-corrected chi connectivity index (χ3v) is 2.98. The van der Waals surface area contributed by atoms with Gasteiger partial charge in [-0.05, 0) is 40.8 Å². The van der Waals surface area contributed by atoms with Crippen molar-refractivity contribution < 1.29 is 9.84 Å². The van der Waals surface area contributed by atoms with E-state index in [0.717, 1.165) is 13.1 Å². The van der Waals surface area contributed by atoms with Gasteiger partial charge in [-0.3, -0.25) is 4.90 Å². The number of ether oxygens (including phenoxy) is 1. The molecule has 1 unspecified atom stereocenters. The van der Waals surface area contributed by atoms with Crippen LogP contribution >= 0.6 is 0 Å². The second-order valence-electron chi connectivity index (χ2n) is 4.72. The third kappa shape index (κ3) is 4.49. The molecule has 0 rings (SSSR count). The SMILES string of the molecule is CCN(CC)C(C)(C)C(O)COC(C)C. The van der Waals surface area contributed by atoms with Gasteiger partial charge >= 0.3 is 0 Å². The number of rotatable bonds is 7. The van der Waals surface area contributed by atoms with E-state index < -0.39 is 6.10 Å². The fourth-order valence-electron chi connectivity index (χ4n) is 1.74. The van der Waals surface area contributed by atoms with Crippen LogP contribution in [-0.4, -0.2) is 47.4 Å². The van der Waals surface area contributed by atoms with E-state index in [9.17, 15) is 5.11 Å². The number of hydrogen-bond donors (Lipinski definition) is 1. The lowest BCUT2D eigenvalue weighted by Gasteiger charge is -2.41. The summed E-state index contributed by atoms with van der Waals surface area (Å²) in [6, 6.07) is 0. The van der Waals surface area contributed by atoms with Gasteiger partial charge < -0.3 is 9.84 Å². The largest absolute Gasteiger partial charge is 0.389 e. The van der Waals surface area contributed by atoms with E-state index in [0.29, 0.717) is 6.61 Å². The summed E-state index contributed by atoms with van der Waals surface area (Å²) in [5.41, 5.74) is -0.224. The van der Waals surface area contributed by atoms with Crippen molar-refractivity contribution in [3.63, 3.8) is 0 Å². The summed E-state index contributed by atoms with van der Waals surface area (Å²) in [5, 5.41) is 10.1. The second-order valence-corrected chi connectivity index (χ2v) is 4.72. The highest BCUT2D eigenvalue weighted by Gasteiger charge is 2.32. The zero-order valence-corrected chi connectivity index (χ0v) is 11.1. The maximum absolute atomic E-state index is 10.1. The molecule has 0 heterocycles. The van der Waals surface area contributed by atoms with Gasteiger partial charge in [-0.1, -0.05) is 13.8 Å². The molecule has 0 aromatic carbocycles. The van der Waals surface area contributed by atoms with Crippen LogP contribution in [0.25, 0.3) is 0 Å². The highest BCUT2D eigenvalue weighted by atomic mass is 16.5. The molecule has 3 heteroatoms. The summed E-state index contributed by atoms with van der Waals surface area (Å²) < 4.78 is 5.45. The fraction of sp³-hybridized carbons (Fsp3) is 1.00. The van der Waals surface area contributed by atoms with Gasteiger partial charge in [0.1, 0.15) is 0 Å². The maximum Gasteiger partial charge on any atom is 0.0951 e. The smallest absolute Gasteiger partial charge is 0.0951 e. The van der Waals surface area contributed by atoms with Crippen molar-refractivity contribution in [1.82, 2.24) is 4.90 Å². The summed E-state index contributed by atoms with van der Waals surface area (Å²) in [6.07, 6.45) is -0.271. The third-order valence-electron chi connectivity index (χ3n) is 2.98. The van der Waals surface area contributed by atoms with Crippen molar-refractivity contribution in [2.24, 2.45) is 0 Å². The molecule has 1 atom stereocenters. The highest BCUT2D eigenvalue weighted by Crippen LogP contribution is 2.19. The maximum atomic E-state index is 10.1. The zero-order chi connectivity index (χ0) is 12.1. The van der Waals surface area contributed by atoms with E-state index in [2.05, 4.69) is 32.6 Å². The predicted molar refractivity (Wildman–Crippen MR) is 64.1 cm³/mol. The van der Waals surface area contributed by atoms with Crippen LogP contribution in [0.5, 0.6) is 0 Å². The lowest BCUT2D eigenvalue weighted by molar-refractivity contribution is -0.0670. The first-order valence-electron chi connectivity index (χ1n) is 5.90. The molecular weight excluding hydrogens is 190 g/mol. The van der Waals surface area contributed by atoms with Gasteiger partial charge in [-0.15, -0.1) is 0 Å². The number of nitrogens with zero attached hydrogens (tertiary/aromatic N) is 1. The molecule has 92 valence electrons. The Labute approximate surface area is 94.4 Å². The average molecular weight is 217 g/mol. The van der Waals surface area contributed by atoms with E-state index in [1.54, 1.807) is 0 Å². The molecule has 15 heavy (non-hydrogen) atoms. The van der Waals surface area contributed by atoms with Gasteiger partial charge in [0.15, 0.2) is 0 Å². The summed E-state index contributed by atoms with van der Waals surface area (Å²) >= 11 is 0. The Morgan fingerprint density at radius 2 is 1.67 bits per heavy atom. The molecule has 0 saturated heterocycles. The predicted octanol–water partition coefficient (Wildman–Crippen LogP) is 1.89. The van der Waals surface area contributed by atoms with Gasteiger partial charge in [0.05, 0.1) is 18.8 Å². The van der Waals surface area contributed by atoms with Crippen LogP contribution in [0.1, 0.15) is 41.5 Å². The van der Waals surface area contributed by atoms with Crippen LogP contribution in [0.4, 0.5) is 0 Å². The molecule has 3 nitrogen and oxygen atoms in total. The minimum absolute atomic E-state index is 0.173. The molecule has 1 N–H and O–H groups in total. The van der Waals surface area contributed by atoms with Gasteiger partial charge in [0.2, 0.25) is 0 Å². The monoisotopic (exact) mass is 217 g/mol. The fourth-order valence-corrected chi connectivity index (χ4v) is 1.74. The second kappa shape index (κ2) is 6.46. The first-order valence-corrected chi connectivity index (χ1v) is 5.90. The first-order chi connectivity index (χ1) is 6.86. The number of likely N-dealkylation sites (N-methyl/N-ethyl adjacent to an activating group) is 1. The van der Waals surface area contributed by atoms with Crippen LogP contribution < -0.4 is 0 Å². The van der Waals surface area contributed by atoms with Crippen molar-refractivity contribution >= 4 is 0 Å². The van der Waals surface area contributed by atoms with Crippen molar-refractivity contribution in [1.29, 1.82) is 0 Å². The lowest BCUT2D eigenvalue weighted by atomic mass is 9.95. The molecule has 0 aliphatic carbocycles. The van der Waals surface area contributed by atoms with Crippen molar-refractivity contribution in [3.8, 4) is 0 Å². The summed E-state index contributed by atoms with van der Waals surface area (Å²) in [5.74, 6) is 0. The molecule has 0 amide bonds. The van der Waals surface area contributed by atoms with Crippen LogP contribution in [0.3, 0.4) is 0 Å². The zero-order valence-electron chi connectivity index (χ0n) is 11.1. The Bertz CT molecular complexity index is 165. The first kappa shape index (κ1) is 14.9. The van der Waals surface area contributed by atoms with Crippen LogP contribution in [-0.2, 0) is 4.74 Å². The van der Waals surface area contributed by atoms with Gasteiger partial charge in [-0.2, -0.15) is 0 Å². The van der Waals surface area contributed by atoms with E-state index in [1.807, 2.05) is 13.8 Å². The normalized spacial score (nSPS) is 15.0. The van der Waals surface area contributed by atoms with E-state index in [-0.39, 0.29) is 11.6 Å². The molecule has 0 bridgehead atoms. The number of hydrogen-bond acceptors (Lipinski definition) is 3. The molecule has 0 fully saturated rings. The number of aliphatic hydroxyl groups excluding tert-OH is 1. The Hall–Kier alpha value is -0.120. The molecule has 0 aromatic heterocycles. The van der Waals surface area contributed by atoms with Crippen molar-refractivity contribution in [3.05, 3.63) is 0 Å². The summed E-state index contributed by atoms with van der Waals surface area (Å²) in [4.78, 5) is 2.25. The topological polar surface area (TPSA) is 32.7 Å². The highest BCUT2D eigenvalue weighted by molar-refractivity contribution is 4.87. The molecule has 0 saturated carbocycles. The molecule has 0 spiro atoms. The Morgan fingerprint density at radius 1 is 1.20 bits per heavy atom. The van der Waals surface area contributed by atoms with E-state index in [4.69, 9.17) is 4.74 Å². The van der Waals surface area contributed by atoms with E-state index in [1.165, 1.54) is 0 Å². The molecule has 0 aromatic rings. The average Bonchev–Trinajstić information content (AvgIpc) is 2.15. The molecule has 0 radical (unpaired) electrons. The molecular formula is C12H27NO2. The minimum atomic E-state index is -0.445. The van der Waals surface area contributed by atoms with Gasteiger partial charge in [-0.25, -0.2) is 0 Å². The van der Waals surface area contributed by atoms with Crippen LogP contribution in [0.15, 0.2) is 0 Å². The van der Waals surface area contributed by atoms with Crippen molar-refractivity contribution in [2.45, 2.75) is 59.3 Å².